The third-order valence-corrected chi connectivity index (χ3v) is 5.78. The van der Waals surface area contributed by atoms with Crippen LogP contribution in [0.15, 0.2) is 10.2 Å². The zero-order valence-electron chi connectivity index (χ0n) is 8.07. The maximum atomic E-state index is 5.63. The summed E-state index contributed by atoms with van der Waals surface area (Å²) in [5.74, 6) is 0. The number of rotatable bonds is 2. The van der Waals surface area contributed by atoms with Crippen LogP contribution in [-0.4, -0.2) is 9.52 Å². The van der Waals surface area contributed by atoms with E-state index >= 15 is 0 Å². The molecule has 1 aliphatic rings. The third kappa shape index (κ3) is 5.77. The monoisotopic (exact) mass is 236 g/mol. The van der Waals surface area contributed by atoms with E-state index in [9.17, 15) is 0 Å². The van der Waals surface area contributed by atoms with Crippen LogP contribution in [0.25, 0.3) is 0 Å². The molecule has 0 aromatic rings. The lowest BCUT2D eigenvalue weighted by Crippen LogP contribution is -2.04. The second-order valence-electron chi connectivity index (χ2n) is 3.94. The molecule has 0 spiro atoms. The Bertz CT molecular complexity index is 156. The third-order valence-electron chi connectivity index (χ3n) is 2.83. The Morgan fingerprint density at radius 1 is 1.00 bits per heavy atom. The lowest BCUT2D eigenvalue weighted by molar-refractivity contribution is 0.502. The van der Waals surface area contributed by atoms with E-state index < -0.39 is 0 Å². The molecule has 0 nitrogen and oxygen atoms in total. The van der Waals surface area contributed by atoms with Gasteiger partial charge in [-0.05, 0) is 5.54 Å². The largest absolute Gasteiger partial charge is 0.0980 e. The quantitative estimate of drug-likeness (QED) is 0.637. The highest BCUT2D eigenvalue weighted by Gasteiger charge is 2.10. The van der Waals surface area contributed by atoms with Gasteiger partial charge >= 0.3 is 0 Å². The second kappa shape index (κ2) is 6.91. The van der Waals surface area contributed by atoms with Crippen molar-refractivity contribution in [3.05, 3.63) is 10.2 Å². The van der Waals surface area contributed by atoms with E-state index in [2.05, 4.69) is 5.70 Å². The van der Waals surface area contributed by atoms with E-state index in [0.29, 0.717) is 4.49 Å². The van der Waals surface area contributed by atoms with Gasteiger partial charge in [0.05, 0.1) is 14.0 Å². The lowest BCUT2D eigenvalue weighted by Gasteiger charge is -2.17. The van der Waals surface area contributed by atoms with Gasteiger partial charge in [0, 0.05) is 0 Å². The molecule has 1 aliphatic carbocycles. The van der Waals surface area contributed by atoms with Crippen LogP contribution in [0, 0.1) is 0 Å². The molecule has 1 saturated carbocycles. The van der Waals surface area contributed by atoms with Crippen molar-refractivity contribution in [2.75, 3.05) is 0 Å². The van der Waals surface area contributed by atoms with E-state index in [0.717, 1.165) is 5.54 Å². The highest BCUT2D eigenvalue weighted by molar-refractivity contribution is 6.60. The molecular weight excluding hydrogens is 219 g/mol. The van der Waals surface area contributed by atoms with Crippen molar-refractivity contribution in [1.29, 1.82) is 0 Å². The molecule has 0 aliphatic heterocycles. The van der Waals surface area contributed by atoms with Crippen LogP contribution in [0.2, 0.25) is 5.54 Å². The van der Waals surface area contributed by atoms with Crippen LogP contribution < -0.4 is 0 Å². The van der Waals surface area contributed by atoms with E-state index in [-0.39, 0.29) is 9.52 Å². The van der Waals surface area contributed by atoms with Gasteiger partial charge in [0.15, 0.2) is 0 Å². The maximum Gasteiger partial charge on any atom is 0.0980 e. The zero-order valence-corrected chi connectivity index (χ0v) is 11.0. The average Bonchev–Trinajstić information content (AvgIpc) is 2.01. The van der Waals surface area contributed by atoms with Crippen molar-refractivity contribution >= 4 is 32.7 Å². The summed E-state index contributed by atoms with van der Waals surface area (Å²) >= 11 is 11.3. The van der Waals surface area contributed by atoms with Gasteiger partial charge in [-0.25, -0.2) is 0 Å². The first-order valence-corrected chi connectivity index (χ1v) is 7.69. The van der Waals surface area contributed by atoms with Gasteiger partial charge in [0.25, 0.3) is 0 Å². The Kier molecular flexibility index (Phi) is 6.17. The lowest BCUT2D eigenvalue weighted by atomic mass is 10.0. The normalized spacial score (nSPS) is 21.4. The van der Waals surface area contributed by atoms with Gasteiger partial charge in [-0.3, -0.25) is 0 Å². The van der Waals surface area contributed by atoms with Crippen molar-refractivity contribution < 1.29 is 0 Å². The first-order chi connectivity index (χ1) is 6.29. The Morgan fingerprint density at radius 3 is 2.08 bits per heavy atom. The SMILES string of the molecule is ClC(Cl)=C[SiH2]C1CCCCCCC1. The number of hydrogen-bond acceptors (Lipinski definition) is 0. The molecule has 0 atom stereocenters. The Hall–Kier alpha value is 0.537. The van der Waals surface area contributed by atoms with Gasteiger partial charge in [-0.2, -0.15) is 0 Å². The van der Waals surface area contributed by atoms with Crippen LogP contribution in [-0.2, 0) is 0 Å². The molecule has 3 heteroatoms. The van der Waals surface area contributed by atoms with Crippen molar-refractivity contribution in [2.24, 2.45) is 0 Å². The highest BCUT2D eigenvalue weighted by atomic mass is 35.5. The van der Waals surface area contributed by atoms with Gasteiger partial charge in [0.1, 0.15) is 0 Å². The fourth-order valence-corrected chi connectivity index (χ4v) is 4.13. The van der Waals surface area contributed by atoms with Crippen molar-refractivity contribution in [3.8, 4) is 0 Å². The van der Waals surface area contributed by atoms with Gasteiger partial charge in [0.2, 0.25) is 0 Å². The minimum atomic E-state index is -0.146. The molecule has 0 amide bonds. The van der Waals surface area contributed by atoms with Gasteiger partial charge in [-0.15, -0.1) is 0 Å². The summed E-state index contributed by atoms with van der Waals surface area (Å²) in [5.41, 5.74) is 3.06. The van der Waals surface area contributed by atoms with Crippen LogP contribution >= 0.6 is 23.2 Å². The minimum absolute atomic E-state index is 0.146. The van der Waals surface area contributed by atoms with Crippen molar-refractivity contribution in [3.63, 3.8) is 0 Å². The second-order valence-corrected chi connectivity index (χ2v) is 6.98. The standard InChI is InChI=1S/C10H18Cl2Si/c11-10(12)8-13-9-6-4-2-1-3-5-7-9/h8-9H,1-7,13H2. The van der Waals surface area contributed by atoms with Gasteiger partial charge < -0.3 is 0 Å². The van der Waals surface area contributed by atoms with Crippen LogP contribution in [0.3, 0.4) is 0 Å². The zero-order chi connectivity index (χ0) is 9.52. The molecule has 0 unspecified atom stereocenters. The topological polar surface area (TPSA) is 0 Å². The Balaban J connectivity index is 2.25. The van der Waals surface area contributed by atoms with E-state index in [4.69, 9.17) is 23.2 Å². The smallest absolute Gasteiger partial charge is 0.0717 e. The summed E-state index contributed by atoms with van der Waals surface area (Å²) in [6.45, 7) is 0. The molecular formula is C10H18Cl2Si. The summed E-state index contributed by atoms with van der Waals surface area (Å²) in [7, 11) is -0.146. The van der Waals surface area contributed by atoms with E-state index in [1.807, 2.05) is 0 Å². The molecule has 0 N–H and O–H groups in total. The van der Waals surface area contributed by atoms with Gasteiger partial charge in [-0.1, -0.05) is 73.8 Å². The minimum Gasteiger partial charge on any atom is -0.0717 e. The summed E-state index contributed by atoms with van der Waals surface area (Å²) in [5, 5.41) is 0. The van der Waals surface area contributed by atoms with Crippen LogP contribution in [0.1, 0.15) is 44.9 Å². The van der Waals surface area contributed by atoms with Crippen LogP contribution in [0.5, 0.6) is 0 Å². The first-order valence-electron chi connectivity index (χ1n) is 5.30. The van der Waals surface area contributed by atoms with Crippen LogP contribution in [0.4, 0.5) is 0 Å². The average molecular weight is 237 g/mol. The molecule has 13 heavy (non-hydrogen) atoms. The Labute approximate surface area is 93.5 Å². The fourth-order valence-electron chi connectivity index (χ4n) is 2.03. The highest BCUT2D eigenvalue weighted by Crippen LogP contribution is 2.26. The predicted molar refractivity (Wildman–Crippen MR) is 64.4 cm³/mol. The molecule has 0 bridgehead atoms. The number of hydrogen-bond donors (Lipinski definition) is 0. The molecule has 0 aromatic carbocycles. The van der Waals surface area contributed by atoms with E-state index in [1.54, 1.807) is 0 Å². The molecule has 1 rings (SSSR count). The summed E-state index contributed by atoms with van der Waals surface area (Å²) in [4.78, 5) is 0. The first kappa shape index (κ1) is 11.6. The maximum absolute atomic E-state index is 5.63. The molecule has 0 saturated heterocycles. The van der Waals surface area contributed by atoms with E-state index in [1.165, 1.54) is 44.9 Å². The molecule has 76 valence electrons. The van der Waals surface area contributed by atoms with Crippen molar-refractivity contribution in [1.82, 2.24) is 0 Å². The predicted octanol–water partition coefficient (Wildman–Crippen LogP) is 3.96. The summed E-state index contributed by atoms with van der Waals surface area (Å²) in [6.07, 6.45) is 10.00. The molecule has 0 heterocycles. The number of halogens is 2. The Morgan fingerprint density at radius 2 is 1.54 bits per heavy atom. The molecule has 1 fully saturated rings. The summed E-state index contributed by atoms with van der Waals surface area (Å²) in [6, 6.07) is 0. The molecule has 0 aromatic heterocycles. The molecule has 0 radical (unpaired) electrons. The fraction of sp³-hybridized carbons (Fsp3) is 0.800. The van der Waals surface area contributed by atoms with Crippen molar-refractivity contribution in [2.45, 2.75) is 50.5 Å². The summed E-state index contributed by atoms with van der Waals surface area (Å²) < 4.78 is 0.494.